The molecule has 1 aromatic heterocycles. The SMILES string of the molecule is COCCn1c(-c2ccc(Cl)cc2)cnc1SCC(=O)Nc1ccc(N2CCCC2)cc1. The predicted molar refractivity (Wildman–Crippen MR) is 132 cm³/mol. The number of halogens is 1. The number of imidazole rings is 1. The van der Waals surface area contributed by atoms with Crippen molar-refractivity contribution in [2.45, 2.75) is 24.5 Å². The van der Waals surface area contributed by atoms with Crippen molar-refractivity contribution in [2.24, 2.45) is 0 Å². The second-order valence-corrected chi connectivity index (χ2v) is 9.03. The largest absolute Gasteiger partial charge is 0.383 e. The molecule has 1 amide bonds. The molecule has 0 aliphatic carbocycles. The third kappa shape index (κ3) is 5.65. The minimum atomic E-state index is -0.0572. The molecular formula is C24H27ClN4O2S. The van der Waals surface area contributed by atoms with E-state index >= 15 is 0 Å². The number of hydrogen-bond donors (Lipinski definition) is 1. The van der Waals surface area contributed by atoms with Gasteiger partial charge in [0.1, 0.15) is 0 Å². The summed E-state index contributed by atoms with van der Waals surface area (Å²) in [5, 5.41) is 4.46. The van der Waals surface area contributed by atoms with Gasteiger partial charge in [0.15, 0.2) is 5.16 Å². The molecule has 1 saturated heterocycles. The smallest absolute Gasteiger partial charge is 0.234 e. The number of thioether (sulfide) groups is 1. The van der Waals surface area contributed by atoms with E-state index < -0.39 is 0 Å². The lowest BCUT2D eigenvalue weighted by Crippen LogP contribution is -2.18. The standard InChI is InChI=1S/C24H27ClN4O2S/c1-31-15-14-29-22(18-4-6-19(25)7-5-18)16-26-24(29)32-17-23(30)27-20-8-10-21(11-9-20)28-12-2-3-13-28/h4-11,16H,2-3,12-15,17H2,1H3,(H,27,30). The highest BCUT2D eigenvalue weighted by Gasteiger charge is 2.15. The van der Waals surface area contributed by atoms with Crippen molar-refractivity contribution in [1.29, 1.82) is 0 Å². The summed E-state index contributed by atoms with van der Waals surface area (Å²) in [5.74, 6) is 0.219. The maximum atomic E-state index is 12.5. The van der Waals surface area contributed by atoms with Crippen LogP contribution in [0.25, 0.3) is 11.3 Å². The number of aromatic nitrogens is 2. The van der Waals surface area contributed by atoms with Gasteiger partial charge in [-0.3, -0.25) is 4.79 Å². The van der Waals surface area contributed by atoms with Crippen LogP contribution in [-0.2, 0) is 16.1 Å². The van der Waals surface area contributed by atoms with Crippen LogP contribution in [0, 0.1) is 0 Å². The van der Waals surface area contributed by atoms with Gasteiger partial charge in [0.25, 0.3) is 0 Å². The van der Waals surface area contributed by atoms with Gasteiger partial charge in [-0.1, -0.05) is 35.5 Å². The van der Waals surface area contributed by atoms with E-state index in [1.807, 2.05) is 42.6 Å². The van der Waals surface area contributed by atoms with Gasteiger partial charge in [-0.15, -0.1) is 0 Å². The first-order valence-corrected chi connectivity index (χ1v) is 12.1. The number of carbonyl (C=O) groups excluding carboxylic acids is 1. The van der Waals surface area contributed by atoms with E-state index in [-0.39, 0.29) is 11.7 Å². The molecule has 0 spiro atoms. The number of ether oxygens (including phenoxy) is 1. The van der Waals surface area contributed by atoms with Crippen molar-refractivity contribution in [3.8, 4) is 11.3 Å². The van der Waals surface area contributed by atoms with Crippen LogP contribution in [0.2, 0.25) is 5.02 Å². The van der Waals surface area contributed by atoms with Gasteiger partial charge >= 0.3 is 0 Å². The average Bonchev–Trinajstić information content (AvgIpc) is 3.48. The number of methoxy groups -OCH3 is 1. The Morgan fingerprint density at radius 2 is 1.84 bits per heavy atom. The number of hydrogen-bond acceptors (Lipinski definition) is 5. The molecule has 1 fully saturated rings. The Kier molecular flexibility index (Phi) is 7.73. The Labute approximate surface area is 197 Å². The molecule has 4 rings (SSSR count). The molecule has 1 aliphatic heterocycles. The summed E-state index contributed by atoms with van der Waals surface area (Å²) in [6, 6.07) is 15.7. The van der Waals surface area contributed by atoms with E-state index in [1.54, 1.807) is 7.11 Å². The quantitative estimate of drug-likeness (QED) is 0.436. The molecule has 2 heterocycles. The fraction of sp³-hybridized carbons (Fsp3) is 0.333. The molecule has 0 saturated carbocycles. The molecule has 6 nitrogen and oxygen atoms in total. The van der Waals surface area contributed by atoms with Gasteiger partial charge < -0.3 is 19.5 Å². The van der Waals surface area contributed by atoms with Crippen LogP contribution in [0.3, 0.4) is 0 Å². The molecule has 0 bridgehead atoms. The summed E-state index contributed by atoms with van der Waals surface area (Å²) in [6.07, 6.45) is 4.32. The fourth-order valence-electron chi connectivity index (χ4n) is 3.78. The summed E-state index contributed by atoms with van der Waals surface area (Å²) in [5.41, 5.74) is 4.01. The van der Waals surface area contributed by atoms with E-state index in [0.29, 0.717) is 18.2 Å². The highest BCUT2D eigenvalue weighted by molar-refractivity contribution is 7.99. The first kappa shape index (κ1) is 22.7. The van der Waals surface area contributed by atoms with E-state index in [4.69, 9.17) is 16.3 Å². The first-order valence-electron chi connectivity index (χ1n) is 10.7. The van der Waals surface area contributed by atoms with Crippen LogP contribution in [-0.4, -0.2) is 48.0 Å². The summed E-state index contributed by atoms with van der Waals surface area (Å²) >= 11 is 7.44. The minimum absolute atomic E-state index is 0.0572. The minimum Gasteiger partial charge on any atom is -0.383 e. The maximum absolute atomic E-state index is 12.5. The molecule has 3 aromatic rings. The molecule has 32 heavy (non-hydrogen) atoms. The Morgan fingerprint density at radius 3 is 2.53 bits per heavy atom. The Bertz CT molecular complexity index is 1030. The molecule has 0 radical (unpaired) electrons. The van der Waals surface area contributed by atoms with Crippen LogP contribution in [0.4, 0.5) is 11.4 Å². The lowest BCUT2D eigenvalue weighted by atomic mass is 10.2. The second-order valence-electron chi connectivity index (χ2n) is 7.66. The van der Waals surface area contributed by atoms with E-state index in [1.165, 1.54) is 30.3 Å². The zero-order valence-corrected chi connectivity index (χ0v) is 19.7. The molecular weight excluding hydrogens is 444 g/mol. The third-order valence-corrected chi connectivity index (χ3v) is 6.68. The monoisotopic (exact) mass is 470 g/mol. The predicted octanol–water partition coefficient (Wildman–Crippen LogP) is 5.18. The zero-order valence-electron chi connectivity index (χ0n) is 18.1. The molecule has 1 N–H and O–H groups in total. The maximum Gasteiger partial charge on any atom is 0.234 e. The van der Waals surface area contributed by atoms with Gasteiger partial charge in [-0.05, 0) is 54.8 Å². The first-order chi connectivity index (χ1) is 15.6. The van der Waals surface area contributed by atoms with Crippen LogP contribution >= 0.6 is 23.4 Å². The van der Waals surface area contributed by atoms with Crippen LogP contribution < -0.4 is 10.2 Å². The number of anilines is 2. The number of nitrogens with one attached hydrogen (secondary N) is 1. The molecule has 8 heteroatoms. The Morgan fingerprint density at radius 1 is 1.12 bits per heavy atom. The van der Waals surface area contributed by atoms with Crippen molar-refractivity contribution in [3.63, 3.8) is 0 Å². The van der Waals surface area contributed by atoms with Gasteiger partial charge in [0.05, 0.1) is 24.3 Å². The summed E-state index contributed by atoms with van der Waals surface area (Å²) in [6.45, 7) is 3.42. The number of rotatable bonds is 9. The molecule has 2 aromatic carbocycles. The van der Waals surface area contributed by atoms with E-state index in [9.17, 15) is 4.79 Å². The molecule has 1 aliphatic rings. The summed E-state index contributed by atoms with van der Waals surface area (Å²) < 4.78 is 7.35. The number of amides is 1. The highest BCUT2D eigenvalue weighted by atomic mass is 35.5. The Hall–Kier alpha value is -2.48. The van der Waals surface area contributed by atoms with Crippen LogP contribution in [0.1, 0.15) is 12.8 Å². The van der Waals surface area contributed by atoms with Gasteiger partial charge in [-0.2, -0.15) is 0 Å². The van der Waals surface area contributed by atoms with E-state index in [2.05, 4.69) is 31.9 Å². The normalized spacial score (nSPS) is 13.5. The van der Waals surface area contributed by atoms with Crippen molar-refractivity contribution in [1.82, 2.24) is 9.55 Å². The van der Waals surface area contributed by atoms with Crippen molar-refractivity contribution in [2.75, 3.05) is 42.8 Å². The lowest BCUT2D eigenvalue weighted by molar-refractivity contribution is -0.113. The summed E-state index contributed by atoms with van der Waals surface area (Å²) in [7, 11) is 1.67. The van der Waals surface area contributed by atoms with Crippen molar-refractivity contribution in [3.05, 3.63) is 59.8 Å². The fourth-order valence-corrected chi connectivity index (χ4v) is 4.71. The van der Waals surface area contributed by atoms with Crippen LogP contribution in [0.5, 0.6) is 0 Å². The van der Waals surface area contributed by atoms with Gasteiger partial charge in [-0.25, -0.2) is 4.98 Å². The van der Waals surface area contributed by atoms with Crippen molar-refractivity contribution >= 4 is 40.6 Å². The average molecular weight is 471 g/mol. The second kappa shape index (κ2) is 10.9. The number of benzene rings is 2. The lowest BCUT2D eigenvalue weighted by Gasteiger charge is -2.17. The Balaban J connectivity index is 1.39. The summed E-state index contributed by atoms with van der Waals surface area (Å²) in [4.78, 5) is 19.5. The molecule has 0 unspecified atom stereocenters. The zero-order chi connectivity index (χ0) is 22.3. The number of carbonyl (C=O) groups is 1. The van der Waals surface area contributed by atoms with Crippen molar-refractivity contribution < 1.29 is 9.53 Å². The van der Waals surface area contributed by atoms with E-state index in [0.717, 1.165) is 35.2 Å². The third-order valence-electron chi connectivity index (χ3n) is 5.43. The van der Waals surface area contributed by atoms with Crippen LogP contribution in [0.15, 0.2) is 59.9 Å². The molecule has 0 atom stereocenters. The number of nitrogens with zero attached hydrogens (tertiary/aromatic N) is 3. The van der Waals surface area contributed by atoms with Gasteiger partial charge in [0, 0.05) is 43.1 Å². The van der Waals surface area contributed by atoms with Gasteiger partial charge in [0.2, 0.25) is 5.91 Å². The molecule has 168 valence electrons. The topological polar surface area (TPSA) is 59.4 Å². The highest BCUT2D eigenvalue weighted by Crippen LogP contribution is 2.28.